The molecule has 0 unspecified atom stereocenters. The van der Waals surface area contributed by atoms with Gasteiger partial charge in [0, 0.05) is 37.7 Å². The lowest BCUT2D eigenvalue weighted by molar-refractivity contribution is -0.134. The highest BCUT2D eigenvalue weighted by atomic mass is 32.1. The molecular weight excluding hydrogens is 436 g/mol. The van der Waals surface area contributed by atoms with Gasteiger partial charge >= 0.3 is 0 Å². The lowest BCUT2D eigenvalue weighted by Crippen LogP contribution is -2.50. The Morgan fingerprint density at radius 1 is 0.939 bits per heavy atom. The van der Waals surface area contributed by atoms with E-state index in [9.17, 15) is 9.59 Å². The van der Waals surface area contributed by atoms with Crippen molar-refractivity contribution in [2.75, 3.05) is 36.4 Å². The number of nitrogens with zero attached hydrogens (tertiary/aromatic N) is 2. The molecule has 3 rings (SSSR count). The van der Waals surface area contributed by atoms with Crippen LogP contribution in [0.15, 0.2) is 48.5 Å². The minimum absolute atomic E-state index is 0.00502. The third-order valence-corrected chi connectivity index (χ3v) is 5.50. The fraction of sp³-hybridized carbons (Fsp3) is 0.400. The molecule has 33 heavy (non-hydrogen) atoms. The van der Waals surface area contributed by atoms with Gasteiger partial charge in [-0.25, -0.2) is 0 Å². The Morgan fingerprint density at radius 2 is 1.58 bits per heavy atom. The van der Waals surface area contributed by atoms with E-state index in [0.717, 1.165) is 24.5 Å². The molecule has 1 heterocycles. The van der Waals surface area contributed by atoms with Gasteiger partial charge in [-0.1, -0.05) is 26.0 Å². The number of hydrogen-bond donors (Lipinski definition) is 2. The van der Waals surface area contributed by atoms with Crippen LogP contribution in [0.5, 0.6) is 5.75 Å². The fourth-order valence-electron chi connectivity index (χ4n) is 3.67. The van der Waals surface area contributed by atoms with Crippen molar-refractivity contribution in [3.63, 3.8) is 0 Å². The molecule has 0 bridgehead atoms. The number of carbonyl (C=O) groups is 2. The predicted octanol–water partition coefficient (Wildman–Crippen LogP) is 3.91. The lowest BCUT2D eigenvalue weighted by atomic mass is 10.1. The first kappa shape index (κ1) is 24.5. The average molecular weight is 469 g/mol. The van der Waals surface area contributed by atoms with Crippen molar-refractivity contribution in [2.45, 2.75) is 33.8 Å². The minimum atomic E-state index is -0.290. The normalized spacial score (nSPS) is 13.8. The third kappa shape index (κ3) is 6.68. The molecule has 1 aliphatic rings. The van der Waals surface area contributed by atoms with E-state index in [2.05, 4.69) is 15.5 Å². The van der Waals surface area contributed by atoms with E-state index in [-0.39, 0.29) is 28.9 Å². The van der Waals surface area contributed by atoms with Crippen LogP contribution in [0, 0.1) is 5.92 Å². The van der Waals surface area contributed by atoms with E-state index in [1.54, 1.807) is 24.3 Å². The number of carbonyl (C=O) groups excluding carboxylic acids is 2. The molecule has 0 aromatic heterocycles. The molecule has 2 amide bonds. The van der Waals surface area contributed by atoms with E-state index in [4.69, 9.17) is 17.0 Å². The topological polar surface area (TPSA) is 73.9 Å². The molecule has 176 valence electrons. The zero-order valence-electron chi connectivity index (χ0n) is 19.6. The zero-order chi connectivity index (χ0) is 24.0. The summed E-state index contributed by atoms with van der Waals surface area (Å²) in [5, 5.41) is 6.12. The smallest absolute Gasteiger partial charge is 0.257 e. The molecule has 1 saturated heterocycles. The number of rotatable bonds is 6. The first-order chi connectivity index (χ1) is 15.7. The lowest BCUT2D eigenvalue weighted by Gasteiger charge is -2.37. The number of piperazine rings is 1. The Bertz CT molecular complexity index is 983. The number of amides is 2. The average Bonchev–Trinajstić information content (AvgIpc) is 2.79. The van der Waals surface area contributed by atoms with Gasteiger partial charge in [-0.2, -0.15) is 0 Å². The summed E-state index contributed by atoms with van der Waals surface area (Å²) in [4.78, 5) is 29.0. The van der Waals surface area contributed by atoms with Crippen LogP contribution in [0.1, 0.15) is 38.1 Å². The first-order valence-electron chi connectivity index (χ1n) is 11.3. The van der Waals surface area contributed by atoms with Crippen LogP contribution in [0.3, 0.4) is 0 Å². The van der Waals surface area contributed by atoms with Crippen molar-refractivity contribution in [2.24, 2.45) is 5.92 Å². The second-order valence-corrected chi connectivity index (χ2v) is 8.99. The Hall–Kier alpha value is -3.13. The van der Waals surface area contributed by atoms with Gasteiger partial charge in [0.05, 0.1) is 17.5 Å². The Labute approximate surface area is 201 Å². The summed E-state index contributed by atoms with van der Waals surface area (Å²) in [5.74, 6) is 0.618. The van der Waals surface area contributed by atoms with Gasteiger partial charge in [0.25, 0.3) is 5.91 Å². The number of anilines is 2. The maximum atomic E-state index is 12.6. The molecule has 8 heteroatoms. The quantitative estimate of drug-likeness (QED) is 0.627. The molecule has 1 aliphatic heterocycles. The molecule has 0 radical (unpaired) electrons. The zero-order valence-corrected chi connectivity index (χ0v) is 20.4. The molecular formula is C25H32N4O3S. The Balaban J connectivity index is 1.60. The third-order valence-electron chi connectivity index (χ3n) is 5.29. The van der Waals surface area contributed by atoms with Gasteiger partial charge in [0.2, 0.25) is 5.91 Å². The maximum Gasteiger partial charge on any atom is 0.257 e. The van der Waals surface area contributed by atoms with Crippen molar-refractivity contribution in [1.29, 1.82) is 0 Å². The van der Waals surface area contributed by atoms with Crippen LogP contribution < -0.4 is 20.3 Å². The van der Waals surface area contributed by atoms with Crippen LogP contribution in [0.25, 0.3) is 0 Å². The molecule has 0 atom stereocenters. The van der Waals surface area contributed by atoms with E-state index < -0.39 is 0 Å². The van der Waals surface area contributed by atoms with Crippen LogP contribution in [0.2, 0.25) is 0 Å². The maximum absolute atomic E-state index is 12.6. The molecule has 0 aliphatic carbocycles. The number of ether oxygens (including phenoxy) is 1. The molecule has 1 fully saturated rings. The Morgan fingerprint density at radius 3 is 2.18 bits per heavy atom. The standard InChI is InChI=1S/C25H32N4O3S/c1-17(2)24(31)29-15-13-28(14-16-29)22-8-6-5-7-21(22)26-25(33)27-23(30)19-9-11-20(12-10-19)32-18(3)4/h5-12,17-18H,13-16H2,1-4H3,(H2,26,27,30,33). The first-order valence-corrected chi connectivity index (χ1v) is 11.7. The van der Waals surface area contributed by atoms with Gasteiger partial charge < -0.3 is 19.9 Å². The molecule has 0 saturated carbocycles. The Kier molecular flexibility index (Phi) is 8.27. The number of para-hydroxylation sites is 2. The van der Waals surface area contributed by atoms with Gasteiger partial charge in [-0.3, -0.25) is 14.9 Å². The number of benzene rings is 2. The predicted molar refractivity (Wildman–Crippen MR) is 136 cm³/mol. The van der Waals surface area contributed by atoms with Crippen LogP contribution in [-0.2, 0) is 4.79 Å². The fourth-order valence-corrected chi connectivity index (χ4v) is 3.88. The van der Waals surface area contributed by atoms with Crippen molar-refractivity contribution in [3.8, 4) is 5.75 Å². The molecule has 7 nitrogen and oxygen atoms in total. The van der Waals surface area contributed by atoms with E-state index in [1.165, 1.54) is 0 Å². The summed E-state index contributed by atoms with van der Waals surface area (Å²) in [6, 6.07) is 14.8. The summed E-state index contributed by atoms with van der Waals surface area (Å²) in [6.07, 6.45) is 0.0696. The molecule has 2 aromatic rings. The van der Waals surface area contributed by atoms with Crippen molar-refractivity contribution >= 4 is 40.5 Å². The van der Waals surface area contributed by atoms with Crippen molar-refractivity contribution < 1.29 is 14.3 Å². The summed E-state index contributed by atoms with van der Waals surface area (Å²) in [6.45, 7) is 10.6. The largest absolute Gasteiger partial charge is 0.491 e. The summed E-state index contributed by atoms with van der Waals surface area (Å²) >= 11 is 5.40. The minimum Gasteiger partial charge on any atom is -0.491 e. The van der Waals surface area contributed by atoms with Crippen molar-refractivity contribution in [3.05, 3.63) is 54.1 Å². The molecule has 2 N–H and O–H groups in total. The highest BCUT2D eigenvalue weighted by Crippen LogP contribution is 2.27. The molecule has 2 aromatic carbocycles. The summed E-state index contributed by atoms with van der Waals surface area (Å²) < 4.78 is 5.61. The SMILES string of the molecule is CC(C)Oc1ccc(C(=O)NC(=S)Nc2ccccc2N2CCN(C(=O)C(C)C)CC2)cc1. The van der Waals surface area contributed by atoms with Crippen LogP contribution >= 0.6 is 12.2 Å². The van der Waals surface area contributed by atoms with Crippen molar-refractivity contribution in [1.82, 2.24) is 10.2 Å². The highest BCUT2D eigenvalue weighted by molar-refractivity contribution is 7.80. The monoisotopic (exact) mass is 468 g/mol. The van der Waals surface area contributed by atoms with Gasteiger partial charge in [0.1, 0.15) is 5.75 Å². The van der Waals surface area contributed by atoms with Gasteiger partial charge in [-0.15, -0.1) is 0 Å². The number of nitrogens with one attached hydrogen (secondary N) is 2. The summed E-state index contributed by atoms with van der Waals surface area (Å²) in [5.41, 5.74) is 2.29. The van der Waals surface area contributed by atoms with Crippen LogP contribution in [-0.4, -0.2) is 54.1 Å². The van der Waals surface area contributed by atoms with E-state index in [1.807, 2.05) is 56.9 Å². The molecule has 0 spiro atoms. The number of hydrogen-bond acceptors (Lipinski definition) is 5. The van der Waals surface area contributed by atoms with E-state index >= 15 is 0 Å². The second kappa shape index (κ2) is 11.1. The number of thiocarbonyl (C=S) groups is 1. The highest BCUT2D eigenvalue weighted by Gasteiger charge is 2.24. The van der Waals surface area contributed by atoms with Gasteiger partial charge in [0.15, 0.2) is 5.11 Å². The van der Waals surface area contributed by atoms with Gasteiger partial charge in [-0.05, 0) is 62.5 Å². The van der Waals surface area contributed by atoms with Crippen LogP contribution in [0.4, 0.5) is 11.4 Å². The second-order valence-electron chi connectivity index (χ2n) is 8.58. The summed E-state index contributed by atoms with van der Waals surface area (Å²) in [7, 11) is 0. The van der Waals surface area contributed by atoms with E-state index in [0.29, 0.717) is 24.4 Å².